The van der Waals surface area contributed by atoms with Crippen molar-refractivity contribution in [3.63, 3.8) is 0 Å². The van der Waals surface area contributed by atoms with E-state index in [1.165, 1.54) is 11.8 Å². The van der Waals surface area contributed by atoms with Gasteiger partial charge >= 0.3 is 0 Å². The van der Waals surface area contributed by atoms with E-state index < -0.39 is 0 Å². The summed E-state index contributed by atoms with van der Waals surface area (Å²) in [6.07, 6.45) is 0. The van der Waals surface area contributed by atoms with Crippen LogP contribution >= 0.6 is 23.4 Å². The molecule has 128 valence electrons. The first-order valence-corrected chi connectivity index (χ1v) is 9.04. The number of carbonyl (C=O) groups is 1. The van der Waals surface area contributed by atoms with Crippen molar-refractivity contribution in [2.75, 3.05) is 11.1 Å². The number of anilines is 1. The fourth-order valence-corrected chi connectivity index (χ4v) is 3.21. The van der Waals surface area contributed by atoms with Gasteiger partial charge in [0.25, 0.3) is 0 Å². The second-order valence-electron chi connectivity index (χ2n) is 5.55. The number of thioether (sulfide) groups is 1. The molecule has 0 radical (unpaired) electrons. The topological polar surface area (TPSA) is 59.8 Å². The van der Waals surface area contributed by atoms with Gasteiger partial charge in [0.05, 0.1) is 10.8 Å². The van der Waals surface area contributed by atoms with Crippen LogP contribution in [-0.2, 0) is 11.8 Å². The zero-order valence-corrected chi connectivity index (χ0v) is 15.4. The van der Waals surface area contributed by atoms with Crippen LogP contribution in [0, 0.1) is 6.92 Å². The summed E-state index contributed by atoms with van der Waals surface area (Å²) >= 11 is 7.55. The molecule has 1 heterocycles. The highest BCUT2D eigenvalue weighted by Gasteiger charge is 2.14. The molecule has 0 atom stereocenters. The van der Waals surface area contributed by atoms with Crippen LogP contribution in [0.25, 0.3) is 11.4 Å². The van der Waals surface area contributed by atoms with Crippen LogP contribution in [-0.4, -0.2) is 26.4 Å². The first-order chi connectivity index (χ1) is 12.0. The fraction of sp³-hybridized carbons (Fsp3) is 0.167. The van der Waals surface area contributed by atoms with Crippen molar-refractivity contribution in [2.24, 2.45) is 7.05 Å². The number of nitrogens with zero attached hydrogens (tertiary/aromatic N) is 3. The number of halogens is 1. The van der Waals surface area contributed by atoms with Crippen molar-refractivity contribution in [1.82, 2.24) is 14.8 Å². The molecule has 1 aromatic heterocycles. The Balaban J connectivity index is 1.65. The van der Waals surface area contributed by atoms with Crippen LogP contribution in [0.4, 0.5) is 5.69 Å². The third-order valence-corrected chi connectivity index (χ3v) is 4.97. The summed E-state index contributed by atoms with van der Waals surface area (Å²) in [4.78, 5) is 12.1. The lowest BCUT2D eigenvalue weighted by Crippen LogP contribution is -2.14. The van der Waals surface area contributed by atoms with E-state index in [2.05, 4.69) is 15.5 Å². The maximum absolute atomic E-state index is 12.1. The molecule has 0 aliphatic carbocycles. The second kappa shape index (κ2) is 7.72. The van der Waals surface area contributed by atoms with Gasteiger partial charge in [-0.05, 0) is 31.2 Å². The number of aromatic nitrogens is 3. The Kier molecular flexibility index (Phi) is 5.40. The van der Waals surface area contributed by atoms with Crippen LogP contribution in [0.5, 0.6) is 0 Å². The number of benzene rings is 2. The van der Waals surface area contributed by atoms with E-state index in [0.29, 0.717) is 16.0 Å². The van der Waals surface area contributed by atoms with Crippen molar-refractivity contribution in [2.45, 2.75) is 12.1 Å². The van der Waals surface area contributed by atoms with Crippen LogP contribution in [0.1, 0.15) is 5.56 Å². The molecule has 0 aliphatic heterocycles. The lowest BCUT2D eigenvalue weighted by molar-refractivity contribution is -0.113. The third-order valence-electron chi connectivity index (χ3n) is 3.62. The molecule has 1 N–H and O–H groups in total. The van der Waals surface area contributed by atoms with Crippen LogP contribution in [0.15, 0.2) is 53.7 Å². The number of hydrogen-bond donors (Lipinski definition) is 1. The molecule has 0 aliphatic rings. The van der Waals surface area contributed by atoms with Gasteiger partial charge in [-0.3, -0.25) is 4.79 Å². The zero-order valence-electron chi connectivity index (χ0n) is 13.9. The quantitative estimate of drug-likeness (QED) is 0.683. The maximum Gasteiger partial charge on any atom is 0.234 e. The molecule has 0 fully saturated rings. The van der Waals surface area contributed by atoms with Gasteiger partial charge < -0.3 is 9.88 Å². The molecule has 3 aromatic rings. The predicted molar refractivity (Wildman–Crippen MR) is 102 cm³/mol. The molecule has 0 saturated heterocycles. The van der Waals surface area contributed by atoms with Gasteiger partial charge in [0.2, 0.25) is 5.91 Å². The van der Waals surface area contributed by atoms with Gasteiger partial charge in [0.15, 0.2) is 11.0 Å². The van der Waals surface area contributed by atoms with Gasteiger partial charge in [-0.1, -0.05) is 53.2 Å². The van der Waals surface area contributed by atoms with E-state index in [4.69, 9.17) is 11.6 Å². The summed E-state index contributed by atoms with van der Waals surface area (Å²) in [6.45, 7) is 2.01. The van der Waals surface area contributed by atoms with Crippen molar-refractivity contribution in [3.05, 3.63) is 59.1 Å². The van der Waals surface area contributed by atoms with E-state index in [0.717, 1.165) is 16.8 Å². The third kappa shape index (κ3) is 4.21. The Morgan fingerprint density at radius 3 is 2.60 bits per heavy atom. The molecule has 0 unspecified atom stereocenters. The Morgan fingerprint density at radius 2 is 1.88 bits per heavy atom. The number of rotatable bonds is 5. The summed E-state index contributed by atoms with van der Waals surface area (Å²) in [7, 11) is 1.86. The van der Waals surface area contributed by atoms with Gasteiger partial charge in [0, 0.05) is 18.3 Å². The van der Waals surface area contributed by atoms with E-state index in [1.54, 1.807) is 0 Å². The van der Waals surface area contributed by atoms with E-state index in [-0.39, 0.29) is 11.7 Å². The largest absolute Gasteiger partial charge is 0.325 e. The first-order valence-electron chi connectivity index (χ1n) is 7.68. The second-order valence-corrected chi connectivity index (χ2v) is 6.90. The van der Waals surface area contributed by atoms with Gasteiger partial charge in [-0.15, -0.1) is 10.2 Å². The molecule has 0 saturated carbocycles. The van der Waals surface area contributed by atoms with Gasteiger partial charge in [-0.25, -0.2) is 0 Å². The highest BCUT2D eigenvalue weighted by molar-refractivity contribution is 7.99. The minimum absolute atomic E-state index is 0.0869. The van der Waals surface area contributed by atoms with Crippen LogP contribution in [0.3, 0.4) is 0 Å². The van der Waals surface area contributed by atoms with Crippen molar-refractivity contribution < 1.29 is 4.79 Å². The SMILES string of the molecule is Cc1ccc(NC(=O)CSc2nnc(-c3ccccc3Cl)n2C)cc1. The zero-order chi connectivity index (χ0) is 17.8. The Bertz CT molecular complexity index is 892. The fourth-order valence-electron chi connectivity index (χ4n) is 2.28. The average molecular weight is 373 g/mol. The summed E-state index contributed by atoms with van der Waals surface area (Å²) in [5.74, 6) is 0.839. The molecular weight excluding hydrogens is 356 g/mol. The van der Waals surface area contributed by atoms with Gasteiger partial charge in [0.1, 0.15) is 0 Å². The highest BCUT2D eigenvalue weighted by Crippen LogP contribution is 2.28. The summed E-state index contributed by atoms with van der Waals surface area (Å²) in [5.41, 5.74) is 2.75. The monoisotopic (exact) mass is 372 g/mol. The Hall–Kier alpha value is -2.31. The lowest BCUT2D eigenvalue weighted by atomic mass is 10.2. The van der Waals surface area contributed by atoms with E-state index >= 15 is 0 Å². The first kappa shape index (κ1) is 17.5. The highest BCUT2D eigenvalue weighted by atomic mass is 35.5. The maximum atomic E-state index is 12.1. The predicted octanol–water partition coefficient (Wildman–Crippen LogP) is 4.17. The standard InChI is InChI=1S/C18H17ClN4OS/c1-12-7-9-13(10-8-12)20-16(24)11-25-18-22-21-17(23(18)2)14-5-3-4-6-15(14)19/h3-10H,11H2,1-2H3,(H,20,24). The molecule has 25 heavy (non-hydrogen) atoms. The molecule has 7 heteroatoms. The number of hydrogen-bond acceptors (Lipinski definition) is 4. The van der Waals surface area contributed by atoms with E-state index in [9.17, 15) is 4.79 Å². The van der Waals surface area contributed by atoms with Gasteiger partial charge in [-0.2, -0.15) is 0 Å². The van der Waals surface area contributed by atoms with Crippen molar-refractivity contribution >= 4 is 35.0 Å². The van der Waals surface area contributed by atoms with Crippen LogP contribution in [0.2, 0.25) is 5.02 Å². The molecule has 2 aromatic carbocycles. The van der Waals surface area contributed by atoms with Crippen LogP contribution < -0.4 is 5.32 Å². The Labute approximate surface area is 155 Å². The number of nitrogens with one attached hydrogen (secondary N) is 1. The average Bonchev–Trinajstić information content (AvgIpc) is 2.96. The number of amides is 1. The summed E-state index contributed by atoms with van der Waals surface area (Å²) in [5, 5.41) is 12.5. The molecule has 3 rings (SSSR count). The Morgan fingerprint density at radius 1 is 1.16 bits per heavy atom. The lowest BCUT2D eigenvalue weighted by Gasteiger charge is -2.06. The minimum Gasteiger partial charge on any atom is -0.325 e. The molecule has 0 bridgehead atoms. The molecule has 1 amide bonds. The van der Waals surface area contributed by atoms with Crippen molar-refractivity contribution in [1.29, 1.82) is 0 Å². The minimum atomic E-state index is -0.0869. The summed E-state index contributed by atoms with van der Waals surface area (Å²) < 4.78 is 1.84. The number of carbonyl (C=O) groups excluding carboxylic acids is 1. The molecule has 5 nitrogen and oxygen atoms in total. The normalized spacial score (nSPS) is 10.7. The molecular formula is C18H17ClN4OS. The smallest absolute Gasteiger partial charge is 0.234 e. The molecule has 0 spiro atoms. The number of aryl methyl sites for hydroxylation is 1. The summed E-state index contributed by atoms with van der Waals surface area (Å²) in [6, 6.07) is 15.2. The van der Waals surface area contributed by atoms with Crippen molar-refractivity contribution in [3.8, 4) is 11.4 Å². The van der Waals surface area contributed by atoms with E-state index in [1.807, 2.05) is 67.1 Å².